The van der Waals surface area contributed by atoms with Gasteiger partial charge in [-0.3, -0.25) is 19.8 Å². The molecule has 3 amide bonds. The molecule has 1 aliphatic heterocycles. The highest BCUT2D eigenvalue weighted by Crippen LogP contribution is 2.38. The number of nitrogens with zero attached hydrogens (tertiary/aromatic N) is 2. The molecule has 1 N–H and O–H groups in total. The number of imide groups is 1. The number of methoxy groups -OCH3 is 2. The number of nitro benzene ring substituents is 1. The van der Waals surface area contributed by atoms with Crippen LogP contribution in [0, 0.1) is 10.1 Å². The summed E-state index contributed by atoms with van der Waals surface area (Å²) in [5.41, 5.74) is 1.08. The zero-order valence-corrected chi connectivity index (χ0v) is 20.8. The van der Waals surface area contributed by atoms with E-state index in [0.29, 0.717) is 11.1 Å². The molecular formula is C25H20ClN3O9. The zero-order chi connectivity index (χ0) is 27.4. The van der Waals surface area contributed by atoms with Crippen LogP contribution in [-0.2, 0) is 22.7 Å². The van der Waals surface area contributed by atoms with Gasteiger partial charge in [-0.1, -0.05) is 11.6 Å². The fourth-order valence-corrected chi connectivity index (χ4v) is 3.82. The predicted octanol–water partition coefficient (Wildman–Crippen LogP) is 4.31. The number of nitrogens with one attached hydrogen (secondary N) is 1. The molecular weight excluding hydrogens is 522 g/mol. The molecule has 1 saturated heterocycles. The lowest BCUT2D eigenvalue weighted by Gasteiger charge is -2.13. The van der Waals surface area contributed by atoms with Crippen molar-refractivity contribution in [2.24, 2.45) is 0 Å². The monoisotopic (exact) mass is 541 g/mol. The maximum atomic E-state index is 12.9. The summed E-state index contributed by atoms with van der Waals surface area (Å²) in [5.74, 6) is -0.625. The molecule has 1 aromatic heterocycles. The average molecular weight is 542 g/mol. The Morgan fingerprint density at radius 1 is 1.16 bits per heavy atom. The van der Waals surface area contributed by atoms with Gasteiger partial charge in [0.2, 0.25) is 5.76 Å². The van der Waals surface area contributed by atoms with Crippen LogP contribution in [0.5, 0.6) is 11.5 Å². The molecule has 13 heteroatoms. The van der Waals surface area contributed by atoms with Gasteiger partial charge in [-0.15, -0.1) is 0 Å². The van der Waals surface area contributed by atoms with Gasteiger partial charge in [0, 0.05) is 12.1 Å². The second-order valence-corrected chi connectivity index (χ2v) is 8.29. The normalized spacial score (nSPS) is 14.0. The van der Waals surface area contributed by atoms with Crippen molar-refractivity contribution in [1.29, 1.82) is 0 Å². The molecule has 38 heavy (non-hydrogen) atoms. The van der Waals surface area contributed by atoms with Crippen LogP contribution in [0.3, 0.4) is 0 Å². The Hall–Kier alpha value is -4.84. The van der Waals surface area contributed by atoms with E-state index >= 15 is 0 Å². The first kappa shape index (κ1) is 26.2. The molecule has 1 fully saturated rings. The van der Waals surface area contributed by atoms with Crippen molar-refractivity contribution in [3.05, 3.63) is 92.0 Å². The number of hydrogen-bond acceptors (Lipinski definition) is 9. The summed E-state index contributed by atoms with van der Waals surface area (Å²) in [4.78, 5) is 48.1. The number of benzene rings is 2. The number of furan rings is 1. The lowest BCUT2D eigenvalue weighted by molar-refractivity contribution is -0.384. The van der Waals surface area contributed by atoms with Crippen LogP contribution in [-0.4, -0.2) is 42.0 Å². The van der Waals surface area contributed by atoms with Crippen LogP contribution in [0.4, 0.5) is 10.5 Å². The maximum Gasteiger partial charge on any atom is 0.373 e. The number of hydrogen-bond donors (Lipinski definition) is 1. The van der Waals surface area contributed by atoms with Gasteiger partial charge in [-0.2, -0.15) is 0 Å². The molecule has 12 nitrogen and oxygen atoms in total. The quantitative estimate of drug-likeness (QED) is 0.137. The summed E-state index contributed by atoms with van der Waals surface area (Å²) in [7, 11) is 2.62. The number of rotatable bonds is 9. The minimum Gasteiger partial charge on any atom is -0.493 e. The van der Waals surface area contributed by atoms with Gasteiger partial charge >= 0.3 is 12.0 Å². The number of halogens is 1. The third-order valence-corrected chi connectivity index (χ3v) is 5.70. The Morgan fingerprint density at radius 2 is 1.89 bits per heavy atom. The van der Waals surface area contributed by atoms with E-state index in [2.05, 4.69) is 10.1 Å². The first-order valence-electron chi connectivity index (χ1n) is 11.0. The van der Waals surface area contributed by atoms with E-state index in [9.17, 15) is 24.5 Å². The van der Waals surface area contributed by atoms with Gasteiger partial charge in [0.05, 0.1) is 30.7 Å². The largest absolute Gasteiger partial charge is 0.493 e. The Kier molecular flexibility index (Phi) is 7.63. The SMILES string of the molecule is COC(=O)c1ccc(CN2C(=O)N/C(=C\c3cc(Cl)c(OCc4ccc([N+](=O)[O-])cc4)c(OC)c3)C2=O)o1. The predicted molar refractivity (Wildman–Crippen MR) is 133 cm³/mol. The Bertz CT molecular complexity index is 1450. The molecule has 196 valence electrons. The molecule has 0 radical (unpaired) electrons. The second-order valence-electron chi connectivity index (χ2n) is 7.88. The highest BCUT2D eigenvalue weighted by atomic mass is 35.5. The van der Waals surface area contributed by atoms with E-state index in [1.165, 1.54) is 50.6 Å². The number of amides is 3. The van der Waals surface area contributed by atoms with Gasteiger partial charge in [-0.25, -0.2) is 9.59 Å². The van der Waals surface area contributed by atoms with E-state index < -0.39 is 22.8 Å². The van der Waals surface area contributed by atoms with Crippen molar-refractivity contribution in [2.45, 2.75) is 13.2 Å². The number of nitro groups is 1. The van der Waals surface area contributed by atoms with E-state index in [1.54, 1.807) is 18.2 Å². The highest BCUT2D eigenvalue weighted by molar-refractivity contribution is 6.32. The van der Waals surface area contributed by atoms with E-state index in [1.807, 2.05) is 0 Å². The van der Waals surface area contributed by atoms with Crippen molar-refractivity contribution in [1.82, 2.24) is 10.2 Å². The first-order valence-corrected chi connectivity index (χ1v) is 11.3. The summed E-state index contributed by atoms with van der Waals surface area (Å²) in [6, 6.07) is 11.1. The molecule has 2 aromatic carbocycles. The summed E-state index contributed by atoms with van der Waals surface area (Å²) < 4.78 is 21.1. The Morgan fingerprint density at radius 3 is 2.55 bits per heavy atom. The van der Waals surface area contributed by atoms with Crippen LogP contribution in [0.1, 0.15) is 27.4 Å². The number of ether oxygens (including phenoxy) is 3. The fourth-order valence-electron chi connectivity index (χ4n) is 3.54. The summed E-state index contributed by atoms with van der Waals surface area (Å²) in [6.07, 6.45) is 1.43. The van der Waals surface area contributed by atoms with Crippen molar-refractivity contribution in [3.63, 3.8) is 0 Å². The van der Waals surface area contributed by atoms with Crippen molar-refractivity contribution >= 4 is 41.3 Å². The van der Waals surface area contributed by atoms with Gasteiger partial charge in [0.1, 0.15) is 18.1 Å². The van der Waals surface area contributed by atoms with Gasteiger partial charge in [0.25, 0.3) is 11.6 Å². The zero-order valence-electron chi connectivity index (χ0n) is 20.1. The maximum absolute atomic E-state index is 12.9. The van der Waals surface area contributed by atoms with Crippen molar-refractivity contribution < 1.29 is 37.9 Å². The minimum atomic E-state index is -0.681. The summed E-state index contributed by atoms with van der Waals surface area (Å²) in [5, 5.41) is 13.5. The molecule has 0 saturated carbocycles. The fraction of sp³-hybridized carbons (Fsp3) is 0.160. The van der Waals surface area contributed by atoms with Crippen LogP contribution in [0.25, 0.3) is 6.08 Å². The van der Waals surface area contributed by atoms with Crippen molar-refractivity contribution in [2.75, 3.05) is 14.2 Å². The lowest BCUT2D eigenvalue weighted by Crippen LogP contribution is -2.30. The highest BCUT2D eigenvalue weighted by Gasteiger charge is 2.34. The van der Waals surface area contributed by atoms with Gasteiger partial charge in [0.15, 0.2) is 11.5 Å². The summed E-state index contributed by atoms with van der Waals surface area (Å²) >= 11 is 6.42. The van der Waals surface area contributed by atoms with Crippen LogP contribution in [0.2, 0.25) is 5.02 Å². The molecule has 0 bridgehead atoms. The minimum absolute atomic E-state index is 0.00702. The number of carbonyl (C=O) groups is 3. The Balaban J connectivity index is 1.49. The molecule has 2 heterocycles. The lowest BCUT2D eigenvalue weighted by atomic mass is 10.1. The van der Waals surface area contributed by atoms with Gasteiger partial charge in [-0.05, 0) is 53.6 Å². The van der Waals surface area contributed by atoms with Gasteiger partial charge < -0.3 is 23.9 Å². The third-order valence-electron chi connectivity index (χ3n) is 5.42. The van der Waals surface area contributed by atoms with E-state index in [0.717, 1.165) is 4.90 Å². The number of urea groups is 1. The first-order chi connectivity index (χ1) is 18.2. The molecule has 0 spiro atoms. The number of carbonyl (C=O) groups excluding carboxylic acids is 3. The summed E-state index contributed by atoms with van der Waals surface area (Å²) in [6.45, 7) is -0.124. The average Bonchev–Trinajstić information content (AvgIpc) is 3.48. The van der Waals surface area contributed by atoms with Crippen LogP contribution >= 0.6 is 11.6 Å². The molecule has 0 aliphatic carbocycles. The molecule has 0 atom stereocenters. The second kappa shape index (κ2) is 11.0. The van der Waals surface area contributed by atoms with Crippen molar-refractivity contribution in [3.8, 4) is 11.5 Å². The Labute approximate surface area is 220 Å². The number of non-ortho nitro benzene ring substituents is 1. The molecule has 4 rings (SSSR count). The van der Waals surface area contributed by atoms with Crippen LogP contribution < -0.4 is 14.8 Å². The molecule has 1 aliphatic rings. The van der Waals surface area contributed by atoms with E-state index in [4.69, 9.17) is 25.5 Å². The molecule has 0 unspecified atom stereocenters. The molecule has 3 aromatic rings. The topological polar surface area (TPSA) is 150 Å². The smallest absolute Gasteiger partial charge is 0.373 e. The standard InChI is InChI=1S/C25H20ClN3O9/c1-35-21-11-15(9-18(26)22(21)37-13-14-3-5-16(6-4-14)29(33)34)10-19-23(30)28(25(32)27-19)12-17-7-8-20(38-17)24(31)36-2/h3-11H,12-13H2,1-2H3,(H,27,32)/b19-10-. The van der Waals surface area contributed by atoms with Crippen LogP contribution in [0.15, 0.2) is 58.6 Å². The van der Waals surface area contributed by atoms with E-state index in [-0.39, 0.29) is 52.6 Å². The third kappa shape index (κ3) is 5.60. The number of esters is 1.